The maximum atomic E-state index is 12.7. The van der Waals surface area contributed by atoms with Crippen LogP contribution in [0.5, 0.6) is 0 Å². The number of benzene rings is 1. The molecule has 3 N–H and O–H groups in total. The van der Waals surface area contributed by atoms with Gasteiger partial charge in [-0.2, -0.15) is 18.3 Å². The molecule has 0 bridgehead atoms. The largest absolute Gasteiger partial charge is 0.416 e. The topological polar surface area (TPSA) is 67.7 Å². The fraction of sp³-hybridized carbons (Fsp3) is 0.167. The first-order valence-electron chi connectivity index (χ1n) is 5.49. The van der Waals surface area contributed by atoms with Crippen molar-refractivity contribution in [1.29, 1.82) is 5.41 Å². The molecular weight excluding hydrogens is 289 g/mol. The van der Waals surface area contributed by atoms with Crippen LogP contribution in [0.4, 0.5) is 13.2 Å². The molecule has 20 heavy (non-hydrogen) atoms. The Balaban J connectivity index is 2.40. The number of alkyl halides is 3. The summed E-state index contributed by atoms with van der Waals surface area (Å²) in [7, 11) is 1.74. The van der Waals surface area contributed by atoms with Gasteiger partial charge in [-0.15, -0.1) is 0 Å². The van der Waals surface area contributed by atoms with E-state index in [1.165, 1.54) is 17.8 Å². The Hall–Kier alpha value is -1.96. The third-order valence-corrected chi connectivity index (χ3v) is 3.53. The Morgan fingerprint density at radius 3 is 2.60 bits per heavy atom. The second-order valence-corrected chi connectivity index (χ2v) is 5.19. The number of halogens is 3. The predicted octanol–water partition coefficient (Wildman–Crippen LogP) is 2.87. The van der Waals surface area contributed by atoms with Crippen LogP contribution in [-0.2, 0) is 13.2 Å². The normalized spacial score (nSPS) is 11.6. The van der Waals surface area contributed by atoms with E-state index in [2.05, 4.69) is 5.10 Å². The van der Waals surface area contributed by atoms with Crippen molar-refractivity contribution in [3.63, 3.8) is 0 Å². The molecule has 0 aliphatic rings. The fourth-order valence-electron chi connectivity index (χ4n) is 1.58. The first-order valence-corrected chi connectivity index (χ1v) is 6.31. The van der Waals surface area contributed by atoms with E-state index in [-0.39, 0.29) is 5.56 Å². The molecule has 1 heterocycles. The molecular formula is C12H11F3N4S. The lowest BCUT2D eigenvalue weighted by molar-refractivity contribution is -0.137. The number of nitrogen functional groups attached to an aromatic ring is 1. The predicted molar refractivity (Wildman–Crippen MR) is 69.8 cm³/mol. The molecule has 0 spiro atoms. The average molecular weight is 300 g/mol. The van der Waals surface area contributed by atoms with Crippen LogP contribution in [0.2, 0.25) is 0 Å². The Morgan fingerprint density at radius 2 is 2.10 bits per heavy atom. The Bertz CT molecular complexity index is 648. The van der Waals surface area contributed by atoms with Gasteiger partial charge in [0.25, 0.3) is 0 Å². The minimum absolute atomic E-state index is 0.0636. The average Bonchev–Trinajstić information content (AvgIpc) is 2.73. The Kier molecular flexibility index (Phi) is 3.76. The summed E-state index contributed by atoms with van der Waals surface area (Å²) in [6.07, 6.45) is -1.14. The second-order valence-electron chi connectivity index (χ2n) is 4.07. The smallest absolute Gasteiger partial charge is 0.384 e. The van der Waals surface area contributed by atoms with Crippen LogP contribution in [0.3, 0.4) is 0 Å². The van der Waals surface area contributed by atoms with E-state index in [9.17, 15) is 13.2 Å². The van der Waals surface area contributed by atoms with E-state index in [4.69, 9.17) is 11.1 Å². The summed E-state index contributed by atoms with van der Waals surface area (Å²) in [4.78, 5) is 1.24. The van der Waals surface area contributed by atoms with Crippen molar-refractivity contribution in [2.75, 3.05) is 0 Å². The van der Waals surface area contributed by atoms with Gasteiger partial charge in [0.2, 0.25) is 0 Å². The van der Waals surface area contributed by atoms with Gasteiger partial charge in [0.1, 0.15) is 5.84 Å². The monoisotopic (exact) mass is 300 g/mol. The minimum Gasteiger partial charge on any atom is -0.384 e. The molecule has 0 aliphatic carbocycles. The first-order chi connectivity index (χ1) is 9.27. The molecule has 0 saturated heterocycles. The highest BCUT2D eigenvalue weighted by Crippen LogP contribution is 2.35. The van der Waals surface area contributed by atoms with Gasteiger partial charge >= 0.3 is 6.18 Å². The van der Waals surface area contributed by atoms with Crippen LogP contribution in [0.15, 0.2) is 40.4 Å². The van der Waals surface area contributed by atoms with Crippen LogP contribution in [0, 0.1) is 5.41 Å². The van der Waals surface area contributed by atoms with Crippen LogP contribution < -0.4 is 5.73 Å². The Labute approximate surface area is 117 Å². The molecule has 0 aliphatic heterocycles. The molecule has 2 aromatic rings. The van der Waals surface area contributed by atoms with Gasteiger partial charge in [-0.1, -0.05) is 11.8 Å². The zero-order valence-corrected chi connectivity index (χ0v) is 11.2. The summed E-state index contributed by atoms with van der Waals surface area (Å²) in [6.45, 7) is 0. The van der Waals surface area contributed by atoms with Crippen molar-refractivity contribution in [2.45, 2.75) is 16.0 Å². The number of nitrogens with zero attached hydrogens (tertiary/aromatic N) is 2. The maximum Gasteiger partial charge on any atom is 0.416 e. The molecule has 0 fully saturated rings. The van der Waals surface area contributed by atoms with Gasteiger partial charge in [-0.25, -0.2) is 0 Å². The molecule has 0 saturated carbocycles. The number of hydrogen-bond acceptors (Lipinski definition) is 3. The number of rotatable bonds is 3. The number of aromatic nitrogens is 2. The SMILES string of the molecule is Cn1cc(Sc2ccc(C(F)(F)F)cc2C(=N)N)cn1. The highest BCUT2D eigenvalue weighted by atomic mass is 32.2. The van der Waals surface area contributed by atoms with E-state index in [0.29, 0.717) is 4.90 Å². The van der Waals surface area contributed by atoms with E-state index in [0.717, 1.165) is 17.0 Å². The lowest BCUT2D eigenvalue weighted by Crippen LogP contribution is -2.14. The molecule has 1 aromatic carbocycles. The van der Waals surface area contributed by atoms with Gasteiger partial charge in [-0.3, -0.25) is 10.1 Å². The quantitative estimate of drug-likeness (QED) is 0.676. The van der Waals surface area contributed by atoms with Crippen LogP contribution in [0.1, 0.15) is 11.1 Å². The van der Waals surface area contributed by atoms with Crippen molar-refractivity contribution in [2.24, 2.45) is 12.8 Å². The molecule has 4 nitrogen and oxygen atoms in total. The van der Waals surface area contributed by atoms with Gasteiger partial charge in [0, 0.05) is 23.7 Å². The number of aryl methyl sites for hydroxylation is 1. The number of hydrogen-bond donors (Lipinski definition) is 2. The number of amidine groups is 1. The van der Waals surface area contributed by atoms with Crippen LogP contribution in [-0.4, -0.2) is 15.6 Å². The summed E-state index contributed by atoms with van der Waals surface area (Å²) >= 11 is 1.21. The molecule has 2 rings (SSSR count). The number of nitrogens with one attached hydrogen (secondary N) is 1. The van der Waals surface area contributed by atoms with Gasteiger partial charge in [0.05, 0.1) is 16.7 Å². The van der Waals surface area contributed by atoms with Crippen LogP contribution in [0.25, 0.3) is 0 Å². The minimum atomic E-state index is -4.46. The van der Waals surface area contributed by atoms with Crippen LogP contribution >= 0.6 is 11.8 Å². The van der Waals surface area contributed by atoms with Gasteiger partial charge in [0.15, 0.2) is 0 Å². The zero-order chi connectivity index (χ0) is 14.9. The highest BCUT2D eigenvalue weighted by molar-refractivity contribution is 7.99. The number of nitrogens with two attached hydrogens (primary N) is 1. The molecule has 0 atom stereocenters. The lowest BCUT2D eigenvalue weighted by atomic mass is 10.1. The molecule has 1 aromatic heterocycles. The summed E-state index contributed by atoms with van der Waals surface area (Å²) < 4.78 is 39.6. The third kappa shape index (κ3) is 3.13. The van der Waals surface area contributed by atoms with E-state index < -0.39 is 17.6 Å². The third-order valence-electron chi connectivity index (χ3n) is 2.51. The van der Waals surface area contributed by atoms with E-state index in [1.54, 1.807) is 24.1 Å². The zero-order valence-electron chi connectivity index (χ0n) is 10.4. The summed E-state index contributed by atoms with van der Waals surface area (Å²) in [5.74, 6) is -0.400. The molecule has 0 unspecified atom stereocenters. The summed E-state index contributed by atoms with van der Waals surface area (Å²) in [5.41, 5.74) is 4.61. The van der Waals surface area contributed by atoms with Crippen molar-refractivity contribution in [1.82, 2.24) is 9.78 Å². The highest BCUT2D eigenvalue weighted by Gasteiger charge is 2.31. The van der Waals surface area contributed by atoms with Crippen molar-refractivity contribution in [3.05, 3.63) is 41.7 Å². The van der Waals surface area contributed by atoms with E-state index >= 15 is 0 Å². The van der Waals surface area contributed by atoms with Crippen molar-refractivity contribution in [3.8, 4) is 0 Å². The first kappa shape index (κ1) is 14.4. The molecule has 8 heteroatoms. The fourth-order valence-corrected chi connectivity index (χ4v) is 2.56. The summed E-state index contributed by atoms with van der Waals surface area (Å²) in [5, 5.41) is 11.4. The molecule has 0 amide bonds. The summed E-state index contributed by atoms with van der Waals surface area (Å²) in [6, 6.07) is 3.18. The van der Waals surface area contributed by atoms with Gasteiger partial charge < -0.3 is 5.73 Å². The van der Waals surface area contributed by atoms with Gasteiger partial charge in [-0.05, 0) is 18.2 Å². The van der Waals surface area contributed by atoms with Crippen molar-refractivity contribution >= 4 is 17.6 Å². The Morgan fingerprint density at radius 1 is 1.40 bits per heavy atom. The van der Waals surface area contributed by atoms with Crippen molar-refractivity contribution < 1.29 is 13.2 Å². The molecule has 0 radical (unpaired) electrons. The lowest BCUT2D eigenvalue weighted by Gasteiger charge is -2.11. The standard InChI is InChI=1S/C12H11F3N4S/c1-19-6-8(5-18-19)20-10-3-2-7(12(13,14)15)4-9(10)11(16)17/h2-6H,1H3,(H3,16,17). The van der Waals surface area contributed by atoms with E-state index in [1.807, 2.05) is 0 Å². The second kappa shape index (κ2) is 5.20. The molecule has 106 valence electrons. The maximum absolute atomic E-state index is 12.7.